The molecule has 0 N–H and O–H groups in total. The number of nitriles is 1. The number of hydrogen-bond acceptors (Lipinski definition) is 5. The Hall–Kier alpha value is -2.39. The van der Waals surface area contributed by atoms with Gasteiger partial charge in [-0.05, 0) is 25.6 Å². The van der Waals surface area contributed by atoms with E-state index in [0.717, 1.165) is 12.1 Å². The predicted molar refractivity (Wildman–Crippen MR) is 78.2 cm³/mol. The van der Waals surface area contributed by atoms with Crippen LogP contribution in [0.2, 0.25) is 0 Å². The summed E-state index contributed by atoms with van der Waals surface area (Å²) in [5.74, 6) is -0.275. The average molecular weight is 286 g/mol. The van der Waals surface area contributed by atoms with Gasteiger partial charge in [0.1, 0.15) is 6.67 Å². The first-order chi connectivity index (χ1) is 10.1. The third-order valence-electron chi connectivity index (χ3n) is 3.16. The number of benzene rings is 1. The van der Waals surface area contributed by atoms with Gasteiger partial charge in [0.05, 0.1) is 12.0 Å². The zero-order valence-corrected chi connectivity index (χ0v) is 12.2. The molecule has 2 rings (SSSR count). The Kier molecular flexibility index (Phi) is 4.90. The van der Waals surface area contributed by atoms with Crippen LogP contribution in [0.15, 0.2) is 39.5 Å². The molecule has 0 fully saturated rings. The summed E-state index contributed by atoms with van der Waals surface area (Å²) in [6.07, 6.45) is 0. The second-order valence-corrected chi connectivity index (χ2v) is 4.88. The summed E-state index contributed by atoms with van der Waals surface area (Å²) < 4.78 is 6.47. The van der Waals surface area contributed by atoms with Crippen LogP contribution in [0, 0.1) is 17.2 Å². The Balaban J connectivity index is 2.16. The number of nitrogens with zero attached hydrogens (tertiary/aromatic N) is 4. The van der Waals surface area contributed by atoms with Gasteiger partial charge in [0.2, 0.25) is 5.89 Å². The third-order valence-corrected chi connectivity index (χ3v) is 3.16. The number of rotatable bonds is 6. The summed E-state index contributed by atoms with van der Waals surface area (Å²) in [4.78, 5) is 13.8. The minimum atomic E-state index is -0.489. The van der Waals surface area contributed by atoms with Crippen LogP contribution in [0.3, 0.4) is 0 Å². The maximum Gasteiger partial charge on any atom is 0.438 e. The van der Waals surface area contributed by atoms with Gasteiger partial charge in [-0.3, -0.25) is 4.90 Å². The van der Waals surface area contributed by atoms with Gasteiger partial charge in [0, 0.05) is 12.1 Å². The van der Waals surface area contributed by atoms with E-state index in [1.54, 1.807) is 0 Å². The van der Waals surface area contributed by atoms with Crippen LogP contribution in [0.5, 0.6) is 0 Å². The van der Waals surface area contributed by atoms with Crippen LogP contribution in [-0.4, -0.2) is 27.8 Å². The SMILES string of the molecule is CCN(C[C@H](C)C#N)Cn1nc(-c2ccccc2)oc1=O. The average Bonchev–Trinajstić information content (AvgIpc) is 2.88. The highest BCUT2D eigenvalue weighted by Gasteiger charge is 2.14. The first kappa shape index (κ1) is 15.0. The summed E-state index contributed by atoms with van der Waals surface area (Å²) >= 11 is 0. The summed E-state index contributed by atoms with van der Waals surface area (Å²) in [5, 5.41) is 13.1. The molecule has 0 amide bonds. The van der Waals surface area contributed by atoms with E-state index in [2.05, 4.69) is 11.2 Å². The highest BCUT2D eigenvalue weighted by Crippen LogP contribution is 2.14. The van der Waals surface area contributed by atoms with E-state index in [1.165, 1.54) is 4.68 Å². The molecule has 110 valence electrons. The molecule has 0 radical (unpaired) electrons. The van der Waals surface area contributed by atoms with E-state index in [4.69, 9.17) is 9.68 Å². The summed E-state index contributed by atoms with van der Waals surface area (Å²) in [5.41, 5.74) is 0.766. The van der Waals surface area contributed by atoms with Crippen molar-refractivity contribution in [1.82, 2.24) is 14.7 Å². The molecule has 0 spiro atoms. The Bertz CT molecular complexity index is 669. The molecule has 1 aromatic carbocycles. The highest BCUT2D eigenvalue weighted by atomic mass is 16.4. The first-order valence-electron chi connectivity index (χ1n) is 6.89. The van der Waals surface area contributed by atoms with Crippen LogP contribution in [0.4, 0.5) is 0 Å². The van der Waals surface area contributed by atoms with E-state index < -0.39 is 5.76 Å². The molecule has 6 nitrogen and oxygen atoms in total. The van der Waals surface area contributed by atoms with Gasteiger partial charge in [-0.15, -0.1) is 5.10 Å². The van der Waals surface area contributed by atoms with Crippen molar-refractivity contribution in [2.45, 2.75) is 20.5 Å². The molecule has 0 aliphatic rings. The lowest BCUT2D eigenvalue weighted by atomic mass is 10.2. The van der Waals surface area contributed by atoms with Crippen molar-refractivity contribution in [3.8, 4) is 17.5 Å². The molecule has 0 saturated heterocycles. The van der Waals surface area contributed by atoms with E-state index in [1.807, 2.05) is 49.1 Å². The van der Waals surface area contributed by atoms with Crippen LogP contribution in [0.25, 0.3) is 11.5 Å². The molecule has 1 atom stereocenters. The van der Waals surface area contributed by atoms with E-state index in [9.17, 15) is 4.79 Å². The monoisotopic (exact) mass is 286 g/mol. The minimum Gasteiger partial charge on any atom is -0.388 e. The fraction of sp³-hybridized carbons (Fsp3) is 0.400. The number of aromatic nitrogens is 2. The minimum absolute atomic E-state index is 0.0962. The van der Waals surface area contributed by atoms with Gasteiger partial charge in [0.25, 0.3) is 0 Å². The molecule has 1 heterocycles. The molecule has 0 saturated carbocycles. The molecule has 6 heteroatoms. The van der Waals surface area contributed by atoms with E-state index >= 15 is 0 Å². The van der Waals surface area contributed by atoms with Crippen molar-refractivity contribution in [1.29, 1.82) is 5.26 Å². The Morgan fingerprint density at radius 3 is 2.76 bits per heavy atom. The molecule has 21 heavy (non-hydrogen) atoms. The van der Waals surface area contributed by atoms with Gasteiger partial charge in [0.15, 0.2) is 0 Å². The molecule has 0 aliphatic heterocycles. The summed E-state index contributed by atoms with van der Waals surface area (Å²) in [6.45, 7) is 5.47. The second kappa shape index (κ2) is 6.86. The Morgan fingerprint density at radius 1 is 1.43 bits per heavy atom. The van der Waals surface area contributed by atoms with Crippen molar-refractivity contribution in [3.05, 3.63) is 40.9 Å². The lowest BCUT2D eigenvalue weighted by molar-refractivity contribution is 0.197. The Labute approximate surface area is 123 Å². The van der Waals surface area contributed by atoms with Crippen molar-refractivity contribution in [3.63, 3.8) is 0 Å². The van der Waals surface area contributed by atoms with E-state index in [-0.39, 0.29) is 5.92 Å². The van der Waals surface area contributed by atoms with Crippen LogP contribution in [-0.2, 0) is 6.67 Å². The summed E-state index contributed by atoms with van der Waals surface area (Å²) in [6, 6.07) is 11.5. The fourth-order valence-corrected chi connectivity index (χ4v) is 2.00. The van der Waals surface area contributed by atoms with Crippen LogP contribution >= 0.6 is 0 Å². The molecule has 2 aromatic rings. The van der Waals surface area contributed by atoms with Gasteiger partial charge >= 0.3 is 5.76 Å². The lowest BCUT2D eigenvalue weighted by Crippen LogP contribution is -2.34. The fourth-order valence-electron chi connectivity index (χ4n) is 2.00. The molecular weight excluding hydrogens is 268 g/mol. The van der Waals surface area contributed by atoms with Gasteiger partial charge < -0.3 is 4.42 Å². The standard InChI is InChI=1S/C15H18N4O2/c1-3-18(10-12(2)9-16)11-19-15(20)21-14(17-19)13-7-5-4-6-8-13/h4-8,12H,3,10-11H2,1-2H3/t12-/m1/s1. The topological polar surface area (TPSA) is 75.1 Å². The second-order valence-electron chi connectivity index (χ2n) is 4.88. The molecular formula is C15H18N4O2. The van der Waals surface area contributed by atoms with Crippen LogP contribution in [0.1, 0.15) is 13.8 Å². The largest absolute Gasteiger partial charge is 0.438 e. The maximum atomic E-state index is 11.9. The third kappa shape index (κ3) is 3.80. The Morgan fingerprint density at radius 2 is 2.14 bits per heavy atom. The van der Waals surface area contributed by atoms with Crippen molar-refractivity contribution < 1.29 is 4.42 Å². The van der Waals surface area contributed by atoms with Crippen LogP contribution < -0.4 is 5.76 Å². The lowest BCUT2D eigenvalue weighted by Gasteiger charge is -2.20. The first-order valence-corrected chi connectivity index (χ1v) is 6.89. The van der Waals surface area contributed by atoms with Crippen molar-refractivity contribution >= 4 is 0 Å². The zero-order valence-electron chi connectivity index (χ0n) is 12.2. The number of hydrogen-bond donors (Lipinski definition) is 0. The van der Waals surface area contributed by atoms with Crippen molar-refractivity contribution in [2.24, 2.45) is 5.92 Å². The van der Waals surface area contributed by atoms with E-state index in [0.29, 0.717) is 19.1 Å². The quantitative estimate of drug-likeness (QED) is 0.811. The highest BCUT2D eigenvalue weighted by molar-refractivity contribution is 5.51. The normalized spacial score (nSPS) is 12.3. The molecule has 1 aromatic heterocycles. The molecule has 0 bridgehead atoms. The van der Waals surface area contributed by atoms with Gasteiger partial charge in [-0.25, -0.2) is 4.79 Å². The van der Waals surface area contributed by atoms with Crippen molar-refractivity contribution in [2.75, 3.05) is 13.1 Å². The zero-order chi connectivity index (χ0) is 15.2. The van der Waals surface area contributed by atoms with Gasteiger partial charge in [-0.1, -0.05) is 25.1 Å². The maximum absolute atomic E-state index is 11.9. The smallest absolute Gasteiger partial charge is 0.388 e. The molecule has 0 unspecified atom stereocenters. The van der Waals surface area contributed by atoms with Gasteiger partial charge in [-0.2, -0.15) is 9.94 Å². The predicted octanol–water partition coefficient (Wildman–Crippen LogP) is 1.94. The summed E-state index contributed by atoms with van der Waals surface area (Å²) in [7, 11) is 0. The molecule has 0 aliphatic carbocycles.